The Balaban J connectivity index is 2.39. The summed E-state index contributed by atoms with van der Waals surface area (Å²) in [5, 5.41) is 0. The minimum atomic E-state index is -0.549. The van der Waals surface area contributed by atoms with Gasteiger partial charge in [0.15, 0.2) is 11.5 Å². The van der Waals surface area contributed by atoms with Gasteiger partial charge in [0.25, 0.3) is 5.91 Å². The molecule has 0 fully saturated rings. The minimum Gasteiger partial charge on any atom is -0.454 e. The van der Waals surface area contributed by atoms with E-state index in [2.05, 4.69) is 0 Å². The molecule has 0 saturated carbocycles. The van der Waals surface area contributed by atoms with Crippen LogP contribution >= 0.6 is 0 Å². The van der Waals surface area contributed by atoms with Crippen LogP contribution in [0.25, 0.3) is 0 Å². The number of amides is 1. The maximum Gasteiger partial charge on any atom is 0.293 e. The van der Waals surface area contributed by atoms with Crippen LogP contribution in [-0.2, 0) is 9.59 Å². The molecule has 90 valence electrons. The molecule has 0 aromatic heterocycles. The van der Waals surface area contributed by atoms with Crippen molar-refractivity contribution in [3.05, 3.63) is 17.7 Å². The van der Waals surface area contributed by atoms with Crippen LogP contribution in [0.3, 0.4) is 0 Å². The lowest BCUT2D eigenvalue weighted by Crippen LogP contribution is -2.32. The normalized spacial score (nSPS) is 12.4. The van der Waals surface area contributed by atoms with Crippen LogP contribution in [0, 0.1) is 6.92 Å². The number of hydrogen-bond acceptors (Lipinski definition) is 4. The van der Waals surface area contributed by atoms with E-state index in [1.54, 1.807) is 19.2 Å². The van der Waals surface area contributed by atoms with Gasteiger partial charge in [0.1, 0.15) is 0 Å². The number of rotatable bonds is 2. The van der Waals surface area contributed by atoms with Crippen molar-refractivity contribution in [2.45, 2.75) is 13.8 Å². The Morgan fingerprint density at radius 2 is 1.82 bits per heavy atom. The van der Waals surface area contributed by atoms with E-state index in [1.165, 1.54) is 11.8 Å². The number of ether oxygens (including phenoxy) is 2. The van der Waals surface area contributed by atoms with Crippen molar-refractivity contribution in [3.8, 4) is 11.5 Å². The van der Waals surface area contributed by atoms with Crippen LogP contribution in [-0.4, -0.2) is 25.5 Å². The fourth-order valence-electron chi connectivity index (χ4n) is 1.74. The van der Waals surface area contributed by atoms with Gasteiger partial charge in [-0.3, -0.25) is 9.59 Å². The average Bonchev–Trinajstić information content (AvgIpc) is 2.72. The first-order valence-corrected chi connectivity index (χ1v) is 5.19. The van der Waals surface area contributed by atoms with Gasteiger partial charge in [0.05, 0.1) is 5.69 Å². The van der Waals surface area contributed by atoms with Gasteiger partial charge in [-0.2, -0.15) is 0 Å². The van der Waals surface area contributed by atoms with Gasteiger partial charge >= 0.3 is 0 Å². The zero-order valence-corrected chi connectivity index (χ0v) is 9.94. The number of carbonyl (C=O) groups is 2. The third kappa shape index (κ3) is 1.95. The first kappa shape index (κ1) is 11.4. The van der Waals surface area contributed by atoms with Crippen LogP contribution in [0.5, 0.6) is 11.5 Å². The van der Waals surface area contributed by atoms with E-state index in [4.69, 9.17) is 9.47 Å². The molecule has 0 aliphatic carbocycles. The zero-order chi connectivity index (χ0) is 12.6. The maximum absolute atomic E-state index is 11.6. The predicted molar refractivity (Wildman–Crippen MR) is 61.4 cm³/mol. The maximum atomic E-state index is 11.6. The van der Waals surface area contributed by atoms with Crippen LogP contribution in [0.1, 0.15) is 12.5 Å². The summed E-state index contributed by atoms with van der Waals surface area (Å²) in [5.74, 6) is 0.209. The molecule has 5 heteroatoms. The Morgan fingerprint density at radius 3 is 2.41 bits per heavy atom. The largest absolute Gasteiger partial charge is 0.454 e. The molecule has 0 bridgehead atoms. The highest BCUT2D eigenvalue weighted by atomic mass is 16.7. The molecule has 1 aliphatic heterocycles. The van der Waals surface area contributed by atoms with E-state index < -0.39 is 11.7 Å². The summed E-state index contributed by atoms with van der Waals surface area (Å²) in [4.78, 5) is 24.0. The predicted octanol–water partition coefficient (Wildman–Crippen LogP) is 1.28. The summed E-state index contributed by atoms with van der Waals surface area (Å²) < 4.78 is 10.5. The number of carbonyl (C=O) groups excluding carboxylic acids is 2. The lowest BCUT2D eigenvalue weighted by Gasteiger charge is -2.18. The molecule has 5 nitrogen and oxygen atoms in total. The van der Waals surface area contributed by atoms with Crippen molar-refractivity contribution in [3.63, 3.8) is 0 Å². The number of benzene rings is 1. The highest BCUT2D eigenvalue weighted by Crippen LogP contribution is 2.37. The van der Waals surface area contributed by atoms with Crippen molar-refractivity contribution in [1.82, 2.24) is 0 Å². The second kappa shape index (κ2) is 4.08. The fourth-order valence-corrected chi connectivity index (χ4v) is 1.74. The molecular weight excluding hydrogens is 222 g/mol. The topological polar surface area (TPSA) is 55.8 Å². The number of anilines is 1. The molecule has 17 heavy (non-hydrogen) atoms. The SMILES string of the molecule is CC(=O)C(=O)N(C)c1cc2c(cc1C)OCO2. The fraction of sp³-hybridized carbons (Fsp3) is 0.333. The Hall–Kier alpha value is -2.04. The first-order chi connectivity index (χ1) is 8.00. The van der Waals surface area contributed by atoms with Gasteiger partial charge in [-0.05, 0) is 18.6 Å². The van der Waals surface area contributed by atoms with E-state index in [9.17, 15) is 9.59 Å². The minimum absolute atomic E-state index is 0.183. The van der Waals surface area contributed by atoms with Gasteiger partial charge < -0.3 is 14.4 Å². The zero-order valence-electron chi connectivity index (χ0n) is 9.94. The molecule has 1 amide bonds. The van der Waals surface area contributed by atoms with Gasteiger partial charge in [0.2, 0.25) is 12.6 Å². The van der Waals surface area contributed by atoms with E-state index in [0.717, 1.165) is 5.56 Å². The molecule has 0 N–H and O–H groups in total. The van der Waals surface area contributed by atoms with Crippen LogP contribution < -0.4 is 14.4 Å². The molecule has 2 rings (SSSR count). The van der Waals surface area contributed by atoms with Crippen LogP contribution in [0.2, 0.25) is 0 Å². The summed E-state index contributed by atoms with van der Waals surface area (Å²) in [5.41, 5.74) is 1.50. The number of ketones is 1. The Morgan fingerprint density at radius 1 is 1.24 bits per heavy atom. The molecule has 0 spiro atoms. The molecule has 0 radical (unpaired) electrons. The molecule has 1 aromatic carbocycles. The molecular formula is C12H13NO4. The number of likely N-dealkylation sites (N-methyl/N-ethyl adjacent to an activating group) is 1. The Kier molecular flexibility index (Phi) is 2.75. The molecule has 0 saturated heterocycles. The highest BCUT2D eigenvalue weighted by molar-refractivity contribution is 6.40. The Bertz CT molecular complexity index is 496. The lowest BCUT2D eigenvalue weighted by atomic mass is 10.1. The highest BCUT2D eigenvalue weighted by Gasteiger charge is 2.21. The van der Waals surface area contributed by atoms with Gasteiger partial charge in [0, 0.05) is 20.0 Å². The van der Waals surface area contributed by atoms with Gasteiger partial charge in [-0.1, -0.05) is 0 Å². The van der Waals surface area contributed by atoms with Crippen molar-refractivity contribution < 1.29 is 19.1 Å². The Labute approximate surface area is 98.9 Å². The van der Waals surface area contributed by atoms with Crippen LogP contribution in [0.15, 0.2) is 12.1 Å². The molecule has 1 aromatic rings. The first-order valence-electron chi connectivity index (χ1n) is 5.19. The molecule has 1 heterocycles. The lowest BCUT2D eigenvalue weighted by molar-refractivity contribution is -0.134. The number of aryl methyl sites for hydroxylation is 1. The van der Waals surface area contributed by atoms with E-state index in [-0.39, 0.29) is 6.79 Å². The van der Waals surface area contributed by atoms with Crippen molar-refractivity contribution >= 4 is 17.4 Å². The molecule has 0 atom stereocenters. The second-order valence-electron chi connectivity index (χ2n) is 3.91. The third-order valence-electron chi connectivity index (χ3n) is 2.66. The quantitative estimate of drug-likeness (QED) is 0.724. The van der Waals surface area contributed by atoms with E-state index >= 15 is 0 Å². The number of Topliss-reactive ketones (excluding diaryl/α,β-unsaturated/α-hetero) is 1. The van der Waals surface area contributed by atoms with Crippen molar-refractivity contribution in [1.29, 1.82) is 0 Å². The number of fused-ring (bicyclic) bond motifs is 1. The van der Waals surface area contributed by atoms with E-state index in [0.29, 0.717) is 17.2 Å². The summed E-state index contributed by atoms with van der Waals surface area (Å²) >= 11 is 0. The number of hydrogen-bond donors (Lipinski definition) is 0. The third-order valence-corrected chi connectivity index (χ3v) is 2.66. The van der Waals surface area contributed by atoms with Crippen LogP contribution in [0.4, 0.5) is 5.69 Å². The molecule has 0 unspecified atom stereocenters. The summed E-state index contributed by atoms with van der Waals surface area (Å²) in [6.45, 7) is 3.28. The number of nitrogens with zero attached hydrogens (tertiary/aromatic N) is 1. The summed E-state index contributed by atoms with van der Waals surface area (Å²) in [6, 6.07) is 3.50. The van der Waals surface area contributed by atoms with E-state index in [1.807, 2.05) is 6.92 Å². The van der Waals surface area contributed by atoms with Crippen molar-refractivity contribution in [2.75, 3.05) is 18.7 Å². The smallest absolute Gasteiger partial charge is 0.293 e. The second-order valence-corrected chi connectivity index (χ2v) is 3.91. The average molecular weight is 235 g/mol. The molecule has 1 aliphatic rings. The summed E-state index contributed by atoms with van der Waals surface area (Å²) in [6.07, 6.45) is 0. The van der Waals surface area contributed by atoms with Gasteiger partial charge in [-0.25, -0.2) is 0 Å². The summed E-state index contributed by atoms with van der Waals surface area (Å²) in [7, 11) is 1.56. The monoisotopic (exact) mass is 235 g/mol. The van der Waals surface area contributed by atoms with Gasteiger partial charge in [-0.15, -0.1) is 0 Å². The standard InChI is InChI=1S/C12H13NO4/c1-7-4-10-11(17-6-16-10)5-9(7)13(3)12(15)8(2)14/h4-5H,6H2,1-3H3. The van der Waals surface area contributed by atoms with Crippen molar-refractivity contribution in [2.24, 2.45) is 0 Å².